The number of imide groups is 1. The molecule has 2 heterocycles. The fraction of sp³-hybridized carbons (Fsp3) is 0.333. The van der Waals surface area contributed by atoms with E-state index in [4.69, 9.17) is 4.74 Å². The molecule has 37 heavy (non-hydrogen) atoms. The number of hydrogen-bond donors (Lipinski definition) is 2. The minimum absolute atomic E-state index is 0.248. The first-order chi connectivity index (χ1) is 17.8. The van der Waals surface area contributed by atoms with Crippen LogP contribution in [0.2, 0.25) is 0 Å². The number of nitrogens with one attached hydrogen (secondary N) is 2. The number of rotatable bonds is 5. The summed E-state index contributed by atoms with van der Waals surface area (Å²) in [4.78, 5) is 54.1. The van der Waals surface area contributed by atoms with Crippen LogP contribution in [0.15, 0.2) is 55.1 Å². The average Bonchev–Trinajstić information content (AvgIpc) is 3.55. The number of aryl methyl sites for hydroxylation is 1. The Morgan fingerprint density at radius 2 is 1.95 bits per heavy atom. The van der Waals surface area contributed by atoms with E-state index in [1.807, 2.05) is 0 Å². The summed E-state index contributed by atoms with van der Waals surface area (Å²) in [5.74, 6) is -1.37. The highest BCUT2D eigenvalue weighted by Gasteiger charge is 2.58. The first kappa shape index (κ1) is 24.5. The number of anilines is 1. The maximum absolute atomic E-state index is 13.6. The van der Waals surface area contributed by atoms with Crippen molar-refractivity contribution in [3.63, 3.8) is 0 Å². The monoisotopic (exact) mass is 506 g/mol. The molecule has 2 aromatic rings. The summed E-state index contributed by atoms with van der Waals surface area (Å²) in [7, 11) is 1.51. The lowest BCUT2D eigenvalue weighted by atomic mass is 9.94. The molecule has 5 amide bonds. The van der Waals surface area contributed by atoms with Crippen LogP contribution < -0.4 is 10.6 Å². The van der Waals surface area contributed by atoms with Gasteiger partial charge in [-0.1, -0.05) is 24.3 Å². The Labute approximate surface area is 213 Å². The van der Waals surface area contributed by atoms with Gasteiger partial charge in [0, 0.05) is 24.7 Å². The van der Waals surface area contributed by atoms with Crippen molar-refractivity contribution in [1.82, 2.24) is 15.1 Å². The topological polar surface area (TPSA) is 108 Å². The van der Waals surface area contributed by atoms with Gasteiger partial charge in [-0.25, -0.2) is 18.9 Å². The Kier molecular flexibility index (Phi) is 6.18. The van der Waals surface area contributed by atoms with Crippen LogP contribution in [-0.4, -0.2) is 53.4 Å². The third-order valence-electron chi connectivity index (χ3n) is 7.38. The van der Waals surface area contributed by atoms with Crippen molar-refractivity contribution in [3.8, 4) is 0 Å². The third-order valence-corrected chi connectivity index (χ3v) is 7.38. The second-order valence-electron chi connectivity index (χ2n) is 9.41. The number of fused-ring (bicyclic) bond motifs is 2. The van der Waals surface area contributed by atoms with Gasteiger partial charge >= 0.3 is 12.1 Å². The molecule has 0 aromatic heterocycles. The minimum Gasteiger partial charge on any atom is -0.427 e. The van der Waals surface area contributed by atoms with E-state index in [1.54, 1.807) is 41.3 Å². The SMILES string of the molecule is C=CC1CC[C@@H](c2ccc(F)cc2)N1C(=O)CN1C(=O)O[C@@]2(CCc3cc(NC(=O)NC)ccc32)C1=O. The van der Waals surface area contributed by atoms with Gasteiger partial charge in [-0.2, -0.15) is 0 Å². The first-order valence-corrected chi connectivity index (χ1v) is 12.1. The highest BCUT2D eigenvalue weighted by molar-refractivity contribution is 6.06. The molecule has 192 valence electrons. The van der Waals surface area contributed by atoms with Crippen LogP contribution in [0.4, 0.5) is 19.7 Å². The molecule has 5 rings (SSSR count). The van der Waals surface area contributed by atoms with Crippen molar-refractivity contribution in [2.45, 2.75) is 43.4 Å². The number of carbonyl (C=O) groups excluding carboxylic acids is 4. The van der Waals surface area contributed by atoms with Crippen LogP contribution in [0.1, 0.15) is 42.0 Å². The maximum atomic E-state index is 13.6. The van der Waals surface area contributed by atoms with Gasteiger partial charge < -0.3 is 20.3 Å². The van der Waals surface area contributed by atoms with Gasteiger partial charge in [0.1, 0.15) is 12.4 Å². The van der Waals surface area contributed by atoms with Gasteiger partial charge in [-0.3, -0.25) is 9.59 Å². The van der Waals surface area contributed by atoms with Crippen LogP contribution >= 0.6 is 0 Å². The number of nitrogens with zero attached hydrogens (tertiary/aromatic N) is 2. The quantitative estimate of drug-likeness (QED) is 0.603. The predicted molar refractivity (Wildman–Crippen MR) is 132 cm³/mol. The van der Waals surface area contributed by atoms with Gasteiger partial charge in [0.2, 0.25) is 11.5 Å². The van der Waals surface area contributed by atoms with Gasteiger partial charge in [0.05, 0.1) is 12.1 Å². The Morgan fingerprint density at radius 1 is 1.19 bits per heavy atom. The summed E-state index contributed by atoms with van der Waals surface area (Å²) in [5.41, 5.74) is 1.17. The highest BCUT2D eigenvalue weighted by atomic mass is 19.1. The number of carbonyl (C=O) groups is 4. The predicted octanol–water partition coefficient (Wildman–Crippen LogP) is 3.62. The van der Waals surface area contributed by atoms with Crippen LogP contribution in [0.5, 0.6) is 0 Å². The molecule has 1 spiro atoms. The van der Waals surface area contributed by atoms with E-state index < -0.39 is 30.1 Å². The molecule has 2 N–H and O–H groups in total. The van der Waals surface area contributed by atoms with Crippen molar-refractivity contribution in [2.75, 3.05) is 18.9 Å². The average molecular weight is 507 g/mol. The first-order valence-electron chi connectivity index (χ1n) is 12.1. The molecule has 1 aliphatic carbocycles. The summed E-state index contributed by atoms with van der Waals surface area (Å²) in [5, 5.41) is 5.16. The minimum atomic E-state index is -1.49. The normalized spacial score (nSPS) is 24.3. The van der Waals surface area contributed by atoms with E-state index in [2.05, 4.69) is 17.2 Å². The van der Waals surface area contributed by atoms with Crippen LogP contribution in [0.3, 0.4) is 0 Å². The van der Waals surface area contributed by atoms with E-state index in [9.17, 15) is 23.6 Å². The Morgan fingerprint density at radius 3 is 2.65 bits per heavy atom. The lowest BCUT2D eigenvalue weighted by Crippen LogP contribution is -2.46. The Balaban J connectivity index is 1.37. The van der Waals surface area contributed by atoms with E-state index in [-0.39, 0.29) is 30.4 Å². The van der Waals surface area contributed by atoms with E-state index >= 15 is 0 Å². The molecule has 2 aliphatic heterocycles. The van der Waals surface area contributed by atoms with Crippen molar-refractivity contribution < 1.29 is 28.3 Å². The second kappa shape index (κ2) is 9.34. The molecule has 0 saturated carbocycles. The molecule has 10 heteroatoms. The maximum Gasteiger partial charge on any atom is 0.418 e. The zero-order valence-electron chi connectivity index (χ0n) is 20.3. The van der Waals surface area contributed by atoms with Crippen molar-refractivity contribution in [1.29, 1.82) is 0 Å². The fourth-order valence-electron chi connectivity index (χ4n) is 5.58. The highest BCUT2D eigenvalue weighted by Crippen LogP contribution is 2.46. The van der Waals surface area contributed by atoms with Crippen molar-refractivity contribution in [2.24, 2.45) is 0 Å². The van der Waals surface area contributed by atoms with E-state index in [0.29, 0.717) is 30.5 Å². The Bertz CT molecular complexity index is 1300. The molecular formula is C27H27FN4O5. The summed E-state index contributed by atoms with van der Waals surface area (Å²) >= 11 is 0. The molecule has 0 bridgehead atoms. The fourth-order valence-corrected chi connectivity index (χ4v) is 5.58. The van der Waals surface area contributed by atoms with Gasteiger partial charge in [-0.05, 0) is 54.7 Å². The molecule has 1 unspecified atom stereocenters. The number of ether oxygens (including phenoxy) is 1. The zero-order chi connectivity index (χ0) is 26.3. The molecule has 9 nitrogen and oxygen atoms in total. The van der Waals surface area contributed by atoms with E-state index in [1.165, 1.54) is 19.2 Å². The van der Waals surface area contributed by atoms with Crippen molar-refractivity contribution in [3.05, 3.63) is 77.6 Å². The summed E-state index contributed by atoms with van der Waals surface area (Å²) in [6.45, 7) is 3.37. The van der Waals surface area contributed by atoms with Gasteiger partial charge in [0.15, 0.2) is 0 Å². The molecule has 3 atom stereocenters. The number of likely N-dealkylation sites (tertiary alicyclic amines) is 1. The van der Waals surface area contributed by atoms with Gasteiger partial charge in [0.25, 0.3) is 5.91 Å². The number of hydrogen-bond acceptors (Lipinski definition) is 5. The number of amides is 5. The zero-order valence-corrected chi connectivity index (χ0v) is 20.3. The molecule has 2 fully saturated rings. The number of urea groups is 1. The molecule has 0 radical (unpaired) electrons. The standard InChI is InChI=1S/C27H27FN4O5/c1-3-20-9-11-22(16-4-6-18(28)7-5-16)32(20)23(33)15-31-24(34)27(37-26(31)36)13-12-17-14-19(8-10-21(17)27)30-25(35)29-2/h3-8,10,14,20,22H,1,9,11-13,15H2,2H3,(H2,29,30,35)/t20?,22-,27+/m0/s1. The molecule has 3 aliphatic rings. The smallest absolute Gasteiger partial charge is 0.418 e. The van der Waals surface area contributed by atoms with Gasteiger partial charge in [-0.15, -0.1) is 6.58 Å². The molecule has 2 aromatic carbocycles. The lowest BCUT2D eigenvalue weighted by molar-refractivity contribution is -0.142. The summed E-state index contributed by atoms with van der Waals surface area (Å²) < 4.78 is 19.1. The third kappa shape index (κ3) is 4.12. The Hall–Kier alpha value is -4.21. The summed E-state index contributed by atoms with van der Waals surface area (Å²) in [6.07, 6.45) is 2.83. The van der Waals surface area contributed by atoms with Crippen LogP contribution in [-0.2, 0) is 26.3 Å². The number of halogens is 1. The molecular weight excluding hydrogens is 479 g/mol. The van der Waals surface area contributed by atoms with Crippen LogP contribution in [0.25, 0.3) is 0 Å². The number of benzene rings is 2. The largest absolute Gasteiger partial charge is 0.427 e. The van der Waals surface area contributed by atoms with Crippen molar-refractivity contribution >= 4 is 29.6 Å². The second-order valence-corrected chi connectivity index (χ2v) is 9.41. The summed E-state index contributed by atoms with van der Waals surface area (Å²) in [6, 6.07) is 10.1. The van der Waals surface area contributed by atoms with E-state index in [0.717, 1.165) is 16.0 Å². The van der Waals surface area contributed by atoms with Crippen LogP contribution in [0, 0.1) is 5.82 Å². The molecule has 2 saturated heterocycles. The lowest BCUT2D eigenvalue weighted by Gasteiger charge is -2.30.